The molecule has 0 amide bonds. The van der Waals surface area contributed by atoms with Crippen molar-refractivity contribution in [3.63, 3.8) is 0 Å². The van der Waals surface area contributed by atoms with E-state index in [1.807, 2.05) is 12.1 Å². The summed E-state index contributed by atoms with van der Waals surface area (Å²) in [6.45, 7) is 8.74. The molecule has 1 aliphatic rings. The fourth-order valence-electron chi connectivity index (χ4n) is 2.77. The van der Waals surface area contributed by atoms with Crippen molar-refractivity contribution < 1.29 is 4.74 Å². The van der Waals surface area contributed by atoms with E-state index in [1.54, 1.807) is 0 Å². The Balaban J connectivity index is 2.55. The lowest BCUT2D eigenvalue weighted by Crippen LogP contribution is -2.41. The van der Waals surface area contributed by atoms with Crippen LogP contribution in [-0.2, 0) is 5.41 Å². The van der Waals surface area contributed by atoms with Crippen molar-refractivity contribution >= 4 is 6.21 Å². The van der Waals surface area contributed by atoms with Gasteiger partial charge in [0.25, 0.3) is 0 Å². The molecular weight excluding hydrogens is 198 g/mol. The van der Waals surface area contributed by atoms with Gasteiger partial charge in [-0.2, -0.15) is 0 Å². The summed E-state index contributed by atoms with van der Waals surface area (Å²) in [7, 11) is 0. The van der Waals surface area contributed by atoms with Crippen molar-refractivity contribution in [2.45, 2.75) is 45.1 Å². The molecule has 1 aromatic carbocycles. The molecule has 0 aromatic heterocycles. The smallest absolute Gasteiger partial charge is 0.124 e. The summed E-state index contributed by atoms with van der Waals surface area (Å²) in [5, 5.41) is 7.28. The molecule has 0 fully saturated rings. The number of ether oxygens (including phenoxy) is 1. The standard InChI is InChI=1S/C14H19NO/c1-13(2)9-14(3,4)16-12-7-10(8-15)5-6-11(12)13/h5-8,15H,9H2,1-4H3. The van der Waals surface area contributed by atoms with Crippen molar-refractivity contribution in [1.82, 2.24) is 0 Å². The average molecular weight is 217 g/mol. The first-order valence-electron chi connectivity index (χ1n) is 5.68. The van der Waals surface area contributed by atoms with E-state index in [-0.39, 0.29) is 11.0 Å². The molecule has 0 aliphatic carbocycles. The zero-order valence-electron chi connectivity index (χ0n) is 10.4. The molecule has 0 bridgehead atoms. The number of benzene rings is 1. The van der Waals surface area contributed by atoms with Crippen LogP contribution < -0.4 is 4.74 Å². The molecule has 2 rings (SSSR count). The highest BCUT2D eigenvalue weighted by atomic mass is 16.5. The van der Waals surface area contributed by atoms with Gasteiger partial charge in [-0.25, -0.2) is 0 Å². The van der Waals surface area contributed by atoms with Crippen molar-refractivity contribution in [3.8, 4) is 5.75 Å². The quantitative estimate of drug-likeness (QED) is 0.717. The molecule has 16 heavy (non-hydrogen) atoms. The lowest BCUT2D eigenvalue weighted by molar-refractivity contribution is 0.0534. The van der Waals surface area contributed by atoms with Gasteiger partial charge < -0.3 is 10.1 Å². The molecule has 2 heteroatoms. The van der Waals surface area contributed by atoms with E-state index in [1.165, 1.54) is 11.8 Å². The maximum absolute atomic E-state index is 7.28. The van der Waals surface area contributed by atoms with Crippen LogP contribution in [0.4, 0.5) is 0 Å². The van der Waals surface area contributed by atoms with Gasteiger partial charge in [0.15, 0.2) is 0 Å². The summed E-state index contributed by atoms with van der Waals surface area (Å²) in [6, 6.07) is 6.03. The summed E-state index contributed by atoms with van der Waals surface area (Å²) in [4.78, 5) is 0. The van der Waals surface area contributed by atoms with Crippen LogP contribution in [0.3, 0.4) is 0 Å². The molecule has 0 spiro atoms. The lowest BCUT2D eigenvalue weighted by atomic mass is 9.73. The fraction of sp³-hybridized carbons (Fsp3) is 0.500. The number of hydrogen-bond acceptors (Lipinski definition) is 2. The van der Waals surface area contributed by atoms with E-state index in [0.29, 0.717) is 0 Å². The Morgan fingerprint density at radius 3 is 2.56 bits per heavy atom. The average Bonchev–Trinajstić information content (AvgIpc) is 2.13. The molecule has 1 heterocycles. The van der Waals surface area contributed by atoms with Crippen molar-refractivity contribution in [1.29, 1.82) is 5.41 Å². The highest BCUT2D eigenvalue weighted by Gasteiger charge is 2.38. The molecule has 86 valence electrons. The van der Waals surface area contributed by atoms with E-state index in [9.17, 15) is 0 Å². The molecule has 1 N–H and O–H groups in total. The SMILES string of the molecule is CC1(C)CC(C)(C)c2ccc(C=N)cc2O1. The van der Waals surface area contributed by atoms with Crippen molar-refractivity contribution in [3.05, 3.63) is 29.3 Å². The van der Waals surface area contributed by atoms with Gasteiger partial charge >= 0.3 is 0 Å². The first-order chi connectivity index (χ1) is 7.34. The van der Waals surface area contributed by atoms with Crippen LogP contribution in [0.2, 0.25) is 0 Å². The normalized spacial score (nSPS) is 20.8. The van der Waals surface area contributed by atoms with Crippen molar-refractivity contribution in [2.75, 3.05) is 0 Å². The minimum atomic E-state index is -0.128. The first-order valence-corrected chi connectivity index (χ1v) is 5.68. The van der Waals surface area contributed by atoms with Crippen LogP contribution in [0, 0.1) is 5.41 Å². The molecule has 0 unspecified atom stereocenters. The third-order valence-corrected chi connectivity index (χ3v) is 3.16. The van der Waals surface area contributed by atoms with Gasteiger partial charge in [-0.1, -0.05) is 26.0 Å². The molecule has 0 saturated carbocycles. The van der Waals surface area contributed by atoms with Gasteiger partial charge in [0.05, 0.1) is 0 Å². The monoisotopic (exact) mass is 217 g/mol. The van der Waals surface area contributed by atoms with Gasteiger partial charge in [-0.15, -0.1) is 0 Å². The second-order valence-corrected chi connectivity index (χ2v) is 5.82. The number of nitrogens with one attached hydrogen (secondary N) is 1. The number of rotatable bonds is 1. The third kappa shape index (κ3) is 1.84. The van der Waals surface area contributed by atoms with Crippen LogP contribution in [-0.4, -0.2) is 11.8 Å². The van der Waals surface area contributed by atoms with Gasteiger partial charge in [-0.3, -0.25) is 0 Å². The van der Waals surface area contributed by atoms with E-state index in [4.69, 9.17) is 10.1 Å². The highest BCUT2D eigenvalue weighted by Crippen LogP contribution is 2.44. The largest absolute Gasteiger partial charge is 0.488 e. The summed E-state index contributed by atoms with van der Waals surface area (Å²) in [5.41, 5.74) is 2.15. The minimum Gasteiger partial charge on any atom is -0.488 e. The second-order valence-electron chi connectivity index (χ2n) is 5.82. The van der Waals surface area contributed by atoms with Gasteiger partial charge in [0.2, 0.25) is 0 Å². The summed E-state index contributed by atoms with van der Waals surface area (Å²) in [5.74, 6) is 0.933. The molecular formula is C14H19NO. The highest BCUT2D eigenvalue weighted by molar-refractivity contribution is 5.78. The first kappa shape index (κ1) is 11.2. The molecule has 1 aromatic rings. The predicted molar refractivity (Wildman–Crippen MR) is 66.7 cm³/mol. The summed E-state index contributed by atoms with van der Waals surface area (Å²) >= 11 is 0. The van der Waals surface area contributed by atoms with Gasteiger partial charge in [-0.05, 0) is 42.9 Å². The molecule has 0 saturated heterocycles. The zero-order valence-corrected chi connectivity index (χ0v) is 10.4. The lowest BCUT2D eigenvalue weighted by Gasteiger charge is -2.42. The van der Waals surface area contributed by atoms with Crippen LogP contribution in [0.5, 0.6) is 5.75 Å². The number of hydrogen-bond donors (Lipinski definition) is 1. The Morgan fingerprint density at radius 1 is 1.25 bits per heavy atom. The van der Waals surface area contributed by atoms with Crippen LogP contribution in [0.1, 0.15) is 45.2 Å². The predicted octanol–water partition coefficient (Wildman–Crippen LogP) is 3.52. The van der Waals surface area contributed by atoms with Crippen LogP contribution >= 0.6 is 0 Å². The maximum Gasteiger partial charge on any atom is 0.124 e. The molecule has 2 nitrogen and oxygen atoms in total. The third-order valence-electron chi connectivity index (χ3n) is 3.16. The zero-order chi connectivity index (χ0) is 12.0. The topological polar surface area (TPSA) is 33.1 Å². The summed E-state index contributed by atoms with van der Waals surface area (Å²) < 4.78 is 5.99. The van der Waals surface area contributed by atoms with Crippen LogP contribution in [0.25, 0.3) is 0 Å². The van der Waals surface area contributed by atoms with Gasteiger partial charge in [0, 0.05) is 6.21 Å². The second kappa shape index (κ2) is 3.34. The Bertz CT molecular complexity index is 432. The maximum atomic E-state index is 7.28. The van der Waals surface area contributed by atoms with E-state index < -0.39 is 0 Å². The molecule has 0 radical (unpaired) electrons. The van der Waals surface area contributed by atoms with E-state index in [0.717, 1.165) is 17.7 Å². The van der Waals surface area contributed by atoms with E-state index >= 15 is 0 Å². The summed E-state index contributed by atoms with van der Waals surface area (Å²) in [6.07, 6.45) is 2.37. The van der Waals surface area contributed by atoms with Gasteiger partial charge in [0.1, 0.15) is 11.4 Å². The molecule has 1 aliphatic heterocycles. The fourth-order valence-corrected chi connectivity index (χ4v) is 2.77. The Kier molecular flexibility index (Phi) is 2.33. The Hall–Kier alpha value is -1.31. The van der Waals surface area contributed by atoms with Crippen LogP contribution in [0.15, 0.2) is 18.2 Å². The minimum absolute atomic E-state index is 0.128. The van der Waals surface area contributed by atoms with Crippen molar-refractivity contribution in [2.24, 2.45) is 0 Å². The molecule has 0 atom stereocenters. The number of fused-ring (bicyclic) bond motifs is 1. The van der Waals surface area contributed by atoms with E-state index in [2.05, 4.69) is 33.8 Å². The Morgan fingerprint density at radius 2 is 1.94 bits per heavy atom. The Labute approximate surface area is 97.1 Å².